The van der Waals surface area contributed by atoms with E-state index < -0.39 is 11.4 Å². The van der Waals surface area contributed by atoms with Crippen molar-refractivity contribution in [2.24, 2.45) is 5.41 Å². The van der Waals surface area contributed by atoms with Gasteiger partial charge < -0.3 is 15.3 Å². The quantitative estimate of drug-likeness (QED) is 0.762. The monoisotopic (exact) mass is 283 g/mol. The minimum atomic E-state index is -0.797. The lowest BCUT2D eigenvalue weighted by molar-refractivity contribution is -0.153. The van der Waals surface area contributed by atoms with Gasteiger partial charge in [-0.1, -0.05) is 0 Å². The van der Waals surface area contributed by atoms with Crippen LogP contribution in [0.3, 0.4) is 0 Å². The molecule has 0 aromatic rings. The molecule has 2 heterocycles. The summed E-state index contributed by atoms with van der Waals surface area (Å²) in [6.07, 6.45) is 2.48. The molecule has 0 saturated carbocycles. The average molecular weight is 283 g/mol. The van der Waals surface area contributed by atoms with Crippen molar-refractivity contribution < 1.29 is 14.7 Å². The smallest absolute Gasteiger partial charge is 0.311 e. The highest BCUT2D eigenvalue weighted by Crippen LogP contribution is 2.29. The van der Waals surface area contributed by atoms with E-state index in [9.17, 15) is 14.7 Å². The molecule has 2 aliphatic rings. The van der Waals surface area contributed by atoms with Crippen LogP contribution in [0.1, 0.15) is 26.2 Å². The van der Waals surface area contributed by atoms with Gasteiger partial charge in [-0.2, -0.15) is 0 Å². The van der Waals surface area contributed by atoms with Gasteiger partial charge in [0, 0.05) is 26.2 Å². The first kappa shape index (κ1) is 15.3. The summed E-state index contributed by atoms with van der Waals surface area (Å²) in [5.74, 6) is -0.729. The van der Waals surface area contributed by atoms with Crippen LogP contribution in [0.2, 0.25) is 0 Å². The number of piperidine rings is 1. The standard InChI is InChI=1S/C14H25N3O3/c1-14(13(19)20)4-2-8-17(11-14)12(18)10-16-7-3-5-15-6-9-16/h15H,2-11H2,1H3,(H,19,20). The van der Waals surface area contributed by atoms with Gasteiger partial charge in [0.05, 0.1) is 12.0 Å². The molecule has 6 nitrogen and oxygen atoms in total. The molecule has 2 saturated heterocycles. The lowest BCUT2D eigenvalue weighted by atomic mass is 9.82. The van der Waals surface area contributed by atoms with Crippen LogP contribution >= 0.6 is 0 Å². The number of amides is 1. The van der Waals surface area contributed by atoms with Gasteiger partial charge in [-0.25, -0.2) is 0 Å². The number of nitrogens with zero attached hydrogens (tertiary/aromatic N) is 2. The first-order valence-corrected chi connectivity index (χ1v) is 7.45. The molecule has 0 bridgehead atoms. The van der Waals surface area contributed by atoms with Crippen molar-refractivity contribution in [2.75, 3.05) is 45.8 Å². The molecule has 2 rings (SSSR count). The number of carboxylic acids is 1. The fraction of sp³-hybridized carbons (Fsp3) is 0.857. The van der Waals surface area contributed by atoms with Gasteiger partial charge in [0.15, 0.2) is 0 Å². The highest BCUT2D eigenvalue weighted by molar-refractivity contribution is 5.80. The number of hydrogen-bond acceptors (Lipinski definition) is 4. The molecule has 2 fully saturated rings. The van der Waals surface area contributed by atoms with E-state index in [1.54, 1.807) is 11.8 Å². The van der Waals surface area contributed by atoms with Crippen LogP contribution in [0.5, 0.6) is 0 Å². The largest absolute Gasteiger partial charge is 0.481 e. The van der Waals surface area contributed by atoms with Gasteiger partial charge >= 0.3 is 5.97 Å². The minimum absolute atomic E-state index is 0.0686. The second-order valence-electron chi connectivity index (χ2n) is 6.16. The van der Waals surface area contributed by atoms with Crippen LogP contribution in [-0.4, -0.2) is 72.6 Å². The lowest BCUT2D eigenvalue weighted by Gasteiger charge is -2.38. The van der Waals surface area contributed by atoms with Crippen molar-refractivity contribution in [3.8, 4) is 0 Å². The molecule has 1 unspecified atom stereocenters. The summed E-state index contributed by atoms with van der Waals surface area (Å²) >= 11 is 0. The molecule has 0 aliphatic carbocycles. The SMILES string of the molecule is CC1(C(=O)O)CCCN(C(=O)CN2CCCNCC2)C1. The summed E-state index contributed by atoms with van der Waals surface area (Å²) in [7, 11) is 0. The Bertz CT molecular complexity index is 367. The fourth-order valence-corrected chi connectivity index (χ4v) is 2.98. The zero-order chi connectivity index (χ0) is 14.6. The van der Waals surface area contributed by atoms with Crippen LogP contribution in [0.15, 0.2) is 0 Å². The third-order valence-corrected chi connectivity index (χ3v) is 4.36. The van der Waals surface area contributed by atoms with Crippen LogP contribution in [0.25, 0.3) is 0 Å². The van der Waals surface area contributed by atoms with Gasteiger partial charge in [0.2, 0.25) is 5.91 Å². The van der Waals surface area contributed by atoms with E-state index >= 15 is 0 Å². The highest BCUT2D eigenvalue weighted by Gasteiger charge is 2.39. The predicted octanol–water partition coefficient (Wildman–Crippen LogP) is -0.00500. The van der Waals surface area contributed by atoms with Crippen molar-refractivity contribution in [3.05, 3.63) is 0 Å². The zero-order valence-corrected chi connectivity index (χ0v) is 12.2. The van der Waals surface area contributed by atoms with Gasteiger partial charge in [-0.3, -0.25) is 14.5 Å². The van der Waals surface area contributed by atoms with Gasteiger partial charge in [-0.15, -0.1) is 0 Å². The maximum absolute atomic E-state index is 12.4. The fourth-order valence-electron chi connectivity index (χ4n) is 2.98. The predicted molar refractivity (Wildman–Crippen MR) is 75.5 cm³/mol. The van der Waals surface area contributed by atoms with Crippen LogP contribution in [-0.2, 0) is 9.59 Å². The molecule has 2 N–H and O–H groups in total. The van der Waals surface area contributed by atoms with E-state index in [1.165, 1.54) is 0 Å². The van der Waals surface area contributed by atoms with Gasteiger partial charge in [0.1, 0.15) is 0 Å². The van der Waals surface area contributed by atoms with Crippen molar-refractivity contribution in [3.63, 3.8) is 0 Å². The first-order valence-electron chi connectivity index (χ1n) is 7.45. The summed E-state index contributed by atoms with van der Waals surface area (Å²) in [6.45, 7) is 6.92. The second-order valence-corrected chi connectivity index (χ2v) is 6.16. The minimum Gasteiger partial charge on any atom is -0.481 e. The highest BCUT2D eigenvalue weighted by atomic mass is 16.4. The average Bonchev–Trinajstić information content (AvgIpc) is 2.67. The number of aliphatic carboxylic acids is 1. The summed E-state index contributed by atoms with van der Waals surface area (Å²) in [5, 5.41) is 12.6. The van der Waals surface area contributed by atoms with E-state index in [4.69, 9.17) is 0 Å². The molecule has 114 valence electrons. The lowest BCUT2D eigenvalue weighted by Crippen LogP contribution is -2.51. The summed E-state index contributed by atoms with van der Waals surface area (Å²) in [6, 6.07) is 0. The molecule has 20 heavy (non-hydrogen) atoms. The van der Waals surface area contributed by atoms with Crippen LogP contribution in [0, 0.1) is 5.41 Å². The number of hydrogen-bond donors (Lipinski definition) is 2. The molecular weight excluding hydrogens is 258 g/mol. The number of rotatable bonds is 3. The van der Waals surface area contributed by atoms with Crippen molar-refractivity contribution in [1.29, 1.82) is 0 Å². The molecule has 0 radical (unpaired) electrons. The maximum Gasteiger partial charge on any atom is 0.311 e. The number of carbonyl (C=O) groups excluding carboxylic acids is 1. The Morgan fingerprint density at radius 3 is 2.75 bits per heavy atom. The zero-order valence-electron chi connectivity index (χ0n) is 12.2. The Kier molecular flexibility index (Phi) is 4.99. The normalized spacial score (nSPS) is 28.9. The molecule has 2 aliphatic heterocycles. The number of carbonyl (C=O) groups is 2. The van der Waals surface area contributed by atoms with Crippen molar-refractivity contribution >= 4 is 11.9 Å². The van der Waals surface area contributed by atoms with Gasteiger partial charge in [-0.05, 0) is 39.3 Å². The Labute approximate surface area is 120 Å². The van der Waals surface area contributed by atoms with Crippen molar-refractivity contribution in [2.45, 2.75) is 26.2 Å². The molecule has 1 amide bonds. The third-order valence-electron chi connectivity index (χ3n) is 4.36. The summed E-state index contributed by atoms with van der Waals surface area (Å²) in [4.78, 5) is 27.6. The Balaban J connectivity index is 1.89. The van der Waals surface area contributed by atoms with Crippen molar-refractivity contribution in [1.82, 2.24) is 15.1 Å². The van der Waals surface area contributed by atoms with E-state index in [1.807, 2.05) is 0 Å². The second kappa shape index (κ2) is 6.54. The molecular formula is C14H25N3O3. The van der Waals surface area contributed by atoms with E-state index in [2.05, 4.69) is 10.2 Å². The van der Waals surface area contributed by atoms with Crippen LogP contribution in [0.4, 0.5) is 0 Å². The number of likely N-dealkylation sites (tertiary alicyclic amines) is 1. The number of carboxylic acid groups (broad SMARTS) is 1. The van der Waals surface area contributed by atoms with E-state index in [-0.39, 0.29) is 5.91 Å². The molecule has 0 aromatic carbocycles. The third kappa shape index (κ3) is 3.70. The van der Waals surface area contributed by atoms with Crippen LogP contribution < -0.4 is 5.32 Å². The molecule has 6 heteroatoms. The summed E-state index contributed by atoms with van der Waals surface area (Å²) in [5.41, 5.74) is -0.783. The topological polar surface area (TPSA) is 72.9 Å². The molecule has 0 aromatic heterocycles. The van der Waals surface area contributed by atoms with Gasteiger partial charge in [0.25, 0.3) is 0 Å². The Morgan fingerprint density at radius 2 is 2.00 bits per heavy atom. The molecule has 0 spiro atoms. The Morgan fingerprint density at radius 1 is 1.20 bits per heavy atom. The van der Waals surface area contributed by atoms with E-state index in [0.29, 0.717) is 26.1 Å². The first-order chi connectivity index (χ1) is 9.51. The maximum atomic E-state index is 12.4. The number of nitrogens with one attached hydrogen (secondary N) is 1. The Hall–Kier alpha value is -1.14. The van der Waals surface area contributed by atoms with E-state index in [0.717, 1.165) is 39.0 Å². The molecule has 1 atom stereocenters. The summed E-state index contributed by atoms with van der Waals surface area (Å²) < 4.78 is 0.